The molecule has 0 aromatic heterocycles. The quantitative estimate of drug-likeness (QED) is 0.693. The lowest BCUT2D eigenvalue weighted by Crippen LogP contribution is -2.41. The van der Waals surface area contributed by atoms with Crippen LogP contribution in [0.25, 0.3) is 0 Å². The number of carbonyl (C=O) groups excluding carboxylic acids is 1. The standard InChI is InChI=1S/C19H19Cl3N2O3S/c20-15-6-4-13(5-7-15)12-28(26,27)24-10-8-14(9-11-24)19(25)23-17-3-1-2-16(21)18(17)22/h1-7,14H,8-12H2,(H,23,25). The number of rotatable bonds is 5. The molecule has 1 fully saturated rings. The monoisotopic (exact) mass is 460 g/mol. The maximum atomic E-state index is 12.6. The first-order valence-electron chi connectivity index (χ1n) is 8.73. The second-order valence-electron chi connectivity index (χ2n) is 6.65. The molecule has 0 saturated carbocycles. The van der Waals surface area contributed by atoms with E-state index in [2.05, 4.69) is 5.32 Å². The van der Waals surface area contributed by atoms with Crippen LogP contribution in [0.15, 0.2) is 42.5 Å². The highest BCUT2D eigenvalue weighted by atomic mass is 35.5. The van der Waals surface area contributed by atoms with Crippen molar-refractivity contribution in [2.24, 2.45) is 5.92 Å². The number of benzene rings is 2. The molecule has 1 aliphatic rings. The summed E-state index contributed by atoms with van der Waals surface area (Å²) in [5, 5.41) is 4.00. The van der Waals surface area contributed by atoms with Crippen molar-refractivity contribution in [3.05, 3.63) is 63.1 Å². The topological polar surface area (TPSA) is 66.5 Å². The normalized spacial score (nSPS) is 16.1. The molecule has 5 nitrogen and oxygen atoms in total. The van der Waals surface area contributed by atoms with E-state index < -0.39 is 10.0 Å². The van der Waals surface area contributed by atoms with Gasteiger partial charge in [0.05, 0.1) is 21.5 Å². The van der Waals surface area contributed by atoms with Gasteiger partial charge in [0.25, 0.3) is 0 Å². The van der Waals surface area contributed by atoms with Crippen molar-refractivity contribution in [2.45, 2.75) is 18.6 Å². The van der Waals surface area contributed by atoms with Gasteiger partial charge in [-0.05, 0) is 42.7 Å². The van der Waals surface area contributed by atoms with E-state index in [1.165, 1.54) is 4.31 Å². The van der Waals surface area contributed by atoms with Gasteiger partial charge in [0.1, 0.15) is 0 Å². The number of hydrogen-bond acceptors (Lipinski definition) is 3. The van der Waals surface area contributed by atoms with E-state index in [1.807, 2.05) is 0 Å². The minimum atomic E-state index is -3.45. The van der Waals surface area contributed by atoms with E-state index in [0.29, 0.717) is 52.2 Å². The number of nitrogens with one attached hydrogen (secondary N) is 1. The predicted molar refractivity (Wildman–Crippen MR) is 113 cm³/mol. The number of piperidine rings is 1. The zero-order valence-corrected chi connectivity index (χ0v) is 18.0. The van der Waals surface area contributed by atoms with Crippen LogP contribution in [0.3, 0.4) is 0 Å². The second kappa shape index (κ2) is 9.01. The SMILES string of the molecule is O=C(Nc1cccc(Cl)c1Cl)C1CCN(S(=O)(=O)Cc2ccc(Cl)cc2)CC1. The lowest BCUT2D eigenvalue weighted by Gasteiger charge is -2.30. The average Bonchev–Trinajstić information content (AvgIpc) is 2.67. The molecule has 0 unspecified atom stereocenters. The Bertz CT molecular complexity index is 957. The van der Waals surface area contributed by atoms with Gasteiger partial charge in [0.15, 0.2) is 0 Å². The van der Waals surface area contributed by atoms with Crippen LogP contribution in [-0.2, 0) is 20.6 Å². The number of amides is 1. The van der Waals surface area contributed by atoms with Gasteiger partial charge >= 0.3 is 0 Å². The van der Waals surface area contributed by atoms with Crippen molar-refractivity contribution in [3.63, 3.8) is 0 Å². The van der Waals surface area contributed by atoms with Crippen LogP contribution in [0.5, 0.6) is 0 Å². The van der Waals surface area contributed by atoms with Gasteiger partial charge in [-0.1, -0.05) is 53.0 Å². The summed E-state index contributed by atoms with van der Waals surface area (Å²) in [7, 11) is -3.45. The molecule has 1 saturated heterocycles. The molecular weight excluding hydrogens is 443 g/mol. The van der Waals surface area contributed by atoms with E-state index in [0.717, 1.165) is 0 Å². The molecule has 28 heavy (non-hydrogen) atoms. The summed E-state index contributed by atoms with van der Waals surface area (Å²) in [5.41, 5.74) is 1.14. The lowest BCUT2D eigenvalue weighted by atomic mass is 9.97. The van der Waals surface area contributed by atoms with Crippen LogP contribution in [0.1, 0.15) is 18.4 Å². The summed E-state index contributed by atoms with van der Waals surface area (Å²) in [6, 6.07) is 11.8. The van der Waals surface area contributed by atoms with Crippen molar-refractivity contribution in [2.75, 3.05) is 18.4 Å². The molecule has 0 radical (unpaired) electrons. The Hall–Kier alpha value is -1.31. The number of nitrogens with zero attached hydrogens (tertiary/aromatic N) is 1. The molecule has 150 valence electrons. The average molecular weight is 462 g/mol. The predicted octanol–water partition coefficient (Wildman–Crippen LogP) is 4.83. The van der Waals surface area contributed by atoms with Crippen molar-refractivity contribution in [1.29, 1.82) is 0 Å². The van der Waals surface area contributed by atoms with E-state index in [4.69, 9.17) is 34.8 Å². The zero-order valence-electron chi connectivity index (χ0n) is 14.9. The fourth-order valence-corrected chi connectivity index (χ4v) is 5.15. The molecule has 0 aliphatic carbocycles. The third-order valence-corrected chi connectivity index (χ3v) is 7.61. The Kier molecular flexibility index (Phi) is 6.89. The molecule has 9 heteroatoms. The van der Waals surface area contributed by atoms with Gasteiger partial charge in [0, 0.05) is 24.0 Å². The minimum absolute atomic E-state index is 0.0842. The van der Waals surface area contributed by atoms with E-state index in [1.54, 1.807) is 42.5 Å². The van der Waals surface area contributed by atoms with Crippen molar-refractivity contribution in [3.8, 4) is 0 Å². The first kappa shape index (κ1) is 21.4. The maximum Gasteiger partial charge on any atom is 0.227 e. The van der Waals surface area contributed by atoms with Crippen LogP contribution in [0.4, 0.5) is 5.69 Å². The molecule has 1 heterocycles. The van der Waals surface area contributed by atoms with Crippen molar-refractivity contribution >= 4 is 56.4 Å². The third-order valence-electron chi connectivity index (χ3n) is 4.69. The molecule has 1 N–H and O–H groups in total. The molecule has 0 spiro atoms. The summed E-state index contributed by atoms with van der Waals surface area (Å²) in [6.07, 6.45) is 0.897. The van der Waals surface area contributed by atoms with E-state index >= 15 is 0 Å². The first-order valence-corrected chi connectivity index (χ1v) is 11.5. The van der Waals surface area contributed by atoms with Gasteiger partial charge in [-0.2, -0.15) is 0 Å². The van der Waals surface area contributed by atoms with Crippen molar-refractivity contribution < 1.29 is 13.2 Å². The minimum Gasteiger partial charge on any atom is -0.324 e. The summed E-state index contributed by atoms with van der Waals surface area (Å²) in [4.78, 5) is 12.5. The summed E-state index contributed by atoms with van der Waals surface area (Å²) in [5.74, 6) is -0.546. The number of sulfonamides is 1. The lowest BCUT2D eigenvalue weighted by molar-refractivity contribution is -0.120. The van der Waals surface area contributed by atoms with Crippen LogP contribution in [-0.4, -0.2) is 31.7 Å². The maximum absolute atomic E-state index is 12.6. The van der Waals surface area contributed by atoms with Crippen LogP contribution < -0.4 is 5.32 Å². The number of halogens is 3. The van der Waals surface area contributed by atoms with Gasteiger partial charge in [0.2, 0.25) is 15.9 Å². The molecular formula is C19H19Cl3N2O3S. The Morgan fingerprint density at radius 1 is 1.04 bits per heavy atom. The van der Waals surface area contributed by atoms with Crippen LogP contribution in [0, 0.1) is 5.92 Å². The first-order chi connectivity index (χ1) is 13.3. The second-order valence-corrected chi connectivity index (χ2v) is 9.84. The highest BCUT2D eigenvalue weighted by Gasteiger charge is 2.31. The third kappa shape index (κ3) is 5.19. The van der Waals surface area contributed by atoms with E-state index in [9.17, 15) is 13.2 Å². The molecule has 3 rings (SSSR count). The highest BCUT2D eigenvalue weighted by molar-refractivity contribution is 7.88. The molecule has 0 bridgehead atoms. The molecule has 0 atom stereocenters. The van der Waals surface area contributed by atoms with E-state index in [-0.39, 0.29) is 17.6 Å². The molecule has 2 aromatic rings. The largest absolute Gasteiger partial charge is 0.324 e. The Labute approximate surface area is 179 Å². The smallest absolute Gasteiger partial charge is 0.227 e. The van der Waals surface area contributed by atoms with Gasteiger partial charge < -0.3 is 5.32 Å². The summed E-state index contributed by atoms with van der Waals surface area (Å²) >= 11 is 17.9. The number of carbonyl (C=O) groups is 1. The van der Waals surface area contributed by atoms with Crippen LogP contribution >= 0.6 is 34.8 Å². The number of hydrogen-bond donors (Lipinski definition) is 1. The molecule has 1 aliphatic heterocycles. The number of anilines is 1. The summed E-state index contributed by atoms with van der Waals surface area (Å²) < 4.78 is 26.7. The fraction of sp³-hybridized carbons (Fsp3) is 0.316. The highest BCUT2D eigenvalue weighted by Crippen LogP contribution is 2.31. The van der Waals surface area contributed by atoms with Crippen molar-refractivity contribution in [1.82, 2.24) is 4.31 Å². The Morgan fingerprint density at radius 3 is 2.32 bits per heavy atom. The van der Waals surface area contributed by atoms with Crippen LogP contribution in [0.2, 0.25) is 15.1 Å². The molecule has 2 aromatic carbocycles. The zero-order chi connectivity index (χ0) is 20.3. The van der Waals surface area contributed by atoms with Gasteiger partial charge in [-0.15, -0.1) is 0 Å². The fourth-order valence-electron chi connectivity index (χ4n) is 3.11. The summed E-state index contributed by atoms with van der Waals surface area (Å²) in [6.45, 7) is 0.606. The Balaban J connectivity index is 1.58. The molecule has 1 amide bonds. The Morgan fingerprint density at radius 2 is 1.68 bits per heavy atom. The van der Waals surface area contributed by atoms with Gasteiger partial charge in [-0.3, -0.25) is 4.79 Å². The van der Waals surface area contributed by atoms with Gasteiger partial charge in [-0.25, -0.2) is 12.7 Å².